The third-order valence-electron chi connectivity index (χ3n) is 9.64. The van der Waals surface area contributed by atoms with Crippen LogP contribution in [0.3, 0.4) is 0 Å². The molecule has 2 bridgehead atoms. The first-order valence-electron chi connectivity index (χ1n) is 10.7. The molecule has 1 saturated heterocycles. The van der Waals surface area contributed by atoms with E-state index in [4.69, 9.17) is 4.74 Å². The molecule has 4 rings (SSSR count). The van der Waals surface area contributed by atoms with Crippen molar-refractivity contribution in [3.8, 4) is 0 Å². The van der Waals surface area contributed by atoms with Gasteiger partial charge in [0, 0.05) is 29.1 Å². The second kappa shape index (κ2) is 5.69. The van der Waals surface area contributed by atoms with Gasteiger partial charge < -0.3 is 20.1 Å². The molecule has 0 spiro atoms. The number of hydrogen-bond donors (Lipinski definition) is 3. The normalized spacial score (nSPS) is 55.6. The van der Waals surface area contributed by atoms with Gasteiger partial charge in [-0.1, -0.05) is 41.5 Å². The lowest BCUT2D eigenvalue weighted by Gasteiger charge is -2.68. The largest absolute Gasteiger partial charge is 0.389 e. The molecular formula is C23H36O5. The Morgan fingerprint density at radius 2 is 1.71 bits per heavy atom. The van der Waals surface area contributed by atoms with E-state index in [-0.39, 0.29) is 36.8 Å². The summed E-state index contributed by atoms with van der Waals surface area (Å²) in [5.41, 5.74) is -2.08. The number of fused-ring (bicyclic) bond motifs is 5. The lowest BCUT2D eigenvalue weighted by Crippen LogP contribution is -2.77. The number of aliphatic hydroxyl groups is 3. The average Bonchev–Trinajstić information content (AvgIpc) is 2.60. The van der Waals surface area contributed by atoms with Crippen LogP contribution < -0.4 is 0 Å². The summed E-state index contributed by atoms with van der Waals surface area (Å²) in [6.07, 6.45) is -0.196. The van der Waals surface area contributed by atoms with E-state index in [0.29, 0.717) is 6.42 Å². The Bertz CT molecular complexity index is 756. The average molecular weight is 393 g/mol. The van der Waals surface area contributed by atoms with Gasteiger partial charge in [-0.2, -0.15) is 0 Å². The molecule has 3 N–H and O–H groups in total. The van der Waals surface area contributed by atoms with E-state index in [0.717, 1.165) is 11.1 Å². The first kappa shape index (κ1) is 20.5. The van der Waals surface area contributed by atoms with Crippen LogP contribution in [-0.4, -0.2) is 51.1 Å². The summed E-state index contributed by atoms with van der Waals surface area (Å²) in [5.74, 6) is -1.05. The highest BCUT2D eigenvalue weighted by molar-refractivity contribution is 5.90. The molecule has 2 saturated carbocycles. The number of ether oxygens (including phenoxy) is 1. The summed E-state index contributed by atoms with van der Waals surface area (Å²) in [6, 6.07) is 0. The number of carbonyl (C=O) groups is 1. The van der Waals surface area contributed by atoms with Crippen LogP contribution in [0.2, 0.25) is 0 Å². The molecule has 158 valence electrons. The summed E-state index contributed by atoms with van der Waals surface area (Å²) in [6.45, 7) is 14.0. The lowest BCUT2D eigenvalue weighted by molar-refractivity contribution is -0.328. The molecule has 1 heterocycles. The standard InChI is InChI=1S/C23H36O5/c1-11-8-16-22(26,10-28-16)18-14(4)23(27)9-15(24)12(2)17(20(23,5)6)13(3)19(25)21(11,18)7/h11,13-16,18,24,26-27H,8-10H2,1-7H3/t11-,13+,14?,15?,16?,18?,21+,22-,23?/m0/s1. The van der Waals surface area contributed by atoms with Crippen LogP contribution in [0.4, 0.5) is 0 Å². The zero-order chi connectivity index (χ0) is 21.0. The van der Waals surface area contributed by atoms with E-state index < -0.39 is 40.0 Å². The third kappa shape index (κ3) is 2.04. The molecule has 0 aromatic heterocycles. The van der Waals surface area contributed by atoms with E-state index in [1.54, 1.807) is 0 Å². The predicted molar refractivity (Wildman–Crippen MR) is 105 cm³/mol. The Labute approximate surface area is 168 Å². The lowest BCUT2D eigenvalue weighted by atomic mass is 9.41. The van der Waals surface area contributed by atoms with E-state index in [9.17, 15) is 20.1 Å². The molecule has 5 unspecified atom stereocenters. The Morgan fingerprint density at radius 3 is 2.25 bits per heavy atom. The van der Waals surface area contributed by atoms with Crippen LogP contribution in [0.25, 0.3) is 0 Å². The number of ketones is 1. The molecule has 5 heteroatoms. The maximum atomic E-state index is 14.0. The maximum absolute atomic E-state index is 14.0. The minimum absolute atomic E-state index is 0.0387. The third-order valence-corrected chi connectivity index (χ3v) is 9.64. The van der Waals surface area contributed by atoms with Gasteiger partial charge in [-0.05, 0) is 36.3 Å². The molecule has 9 atom stereocenters. The molecule has 1 aliphatic heterocycles. The predicted octanol–water partition coefficient (Wildman–Crippen LogP) is 2.47. The summed E-state index contributed by atoms with van der Waals surface area (Å²) in [5, 5.41) is 34.6. The molecular weight excluding hydrogens is 356 g/mol. The minimum atomic E-state index is -1.23. The van der Waals surface area contributed by atoms with Crippen LogP contribution in [0.5, 0.6) is 0 Å². The number of carbonyl (C=O) groups excluding carboxylic acids is 1. The van der Waals surface area contributed by atoms with E-state index >= 15 is 0 Å². The molecule has 0 aromatic rings. The Balaban J connectivity index is 2.01. The smallest absolute Gasteiger partial charge is 0.146 e. The van der Waals surface area contributed by atoms with Crippen molar-refractivity contribution in [3.63, 3.8) is 0 Å². The number of rotatable bonds is 0. The maximum Gasteiger partial charge on any atom is 0.146 e. The first-order chi connectivity index (χ1) is 12.7. The van der Waals surface area contributed by atoms with E-state index in [1.807, 2.05) is 41.5 Å². The fraction of sp³-hybridized carbons (Fsp3) is 0.870. The Kier molecular flexibility index (Phi) is 4.17. The molecule has 3 fully saturated rings. The quantitative estimate of drug-likeness (QED) is 0.551. The molecule has 28 heavy (non-hydrogen) atoms. The molecule has 3 aliphatic carbocycles. The summed E-state index contributed by atoms with van der Waals surface area (Å²) < 4.78 is 5.71. The van der Waals surface area contributed by atoms with Gasteiger partial charge >= 0.3 is 0 Å². The van der Waals surface area contributed by atoms with Crippen LogP contribution in [-0.2, 0) is 9.53 Å². The number of hydrogen-bond acceptors (Lipinski definition) is 5. The Hall–Kier alpha value is -0.750. The number of aliphatic hydroxyl groups excluding tert-OH is 1. The zero-order valence-electron chi connectivity index (χ0n) is 18.2. The van der Waals surface area contributed by atoms with Crippen molar-refractivity contribution in [1.29, 1.82) is 0 Å². The summed E-state index contributed by atoms with van der Waals surface area (Å²) >= 11 is 0. The van der Waals surface area contributed by atoms with E-state index in [1.165, 1.54) is 0 Å². The van der Waals surface area contributed by atoms with Gasteiger partial charge in [0.2, 0.25) is 0 Å². The van der Waals surface area contributed by atoms with Gasteiger partial charge in [-0.3, -0.25) is 4.79 Å². The second-order valence-corrected chi connectivity index (χ2v) is 10.9. The van der Waals surface area contributed by atoms with Gasteiger partial charge in [0.15, 0.2) is 0 Å². The molecule has 0 radical (unpaired) electrons. The van der Waals surface area contributed by atoms with Crippen molar-refractivity contribution in [1.82, 2.24) is 0 Å². The van der Waals surface area contributed by atoms with Crippen molar-refractivity contribution in [3.05, 3.63) is 11.1 Å². The monoisotopic (exact) mass is 392 g/mol. The first-order valence-corrected chi connectivity index (χ1v) is 10.7. The van der Waals surface area contributed by atoms with Gasteiger partial charge in [0.1, 0.15) is 11.4 Å². The van der Waals surface area contributed by atoms with Crippen molar-refractivity contribution in [2.24, 2.45) is 34.5 Å². The van der Waals surface area contributed by atoms with Gasteiger partial charge in [-0.15, -0.1) is 0 Å². The van der Waals surface area contributed by atoms with Gasteiger partial charge in [0.05, 0.1) is 24.4 Å². The minimum Gasteiger partial charge on any atom is -0.389 e. The highest BCUT2D eigenvalue weighted by atomic mass is 16.6. The zero-order valence-corrected chi connectivity index (χ0v) is 18.2. The van der Waals surface area contributed by atoms with Crippen molar-refractivity contribution in [2.45, 2.75) is 84.7 Å². The molecule has 0 aromatic carbocycles. The van der Waals surface area contributed by atoms with Crippen LogP contribution in [0.15, 0.2) is 11.1 Å². The second-order valence-electron chi connectivity index (χ2n) is 10.9. The summed E-state index contributed by atoms with van der Waals surface area (Å²) in [7, 11) is 0. The fourth-order valence-electron chi connectivity index (χ4n) is 7.79. The van der Waals surface area contributed by atoms with Crippen LogP contribution in [0, 0.1) is 34.5 Å². The highest BCUT2D eigenvalue weighted by Gasteiger charge is 2.72. The molecule has 5 nitrogen and oxygen atoms in total. The SMILES string of the molecule is CC1=C2[C@@H](C)C(=O)[C@@]3(C)C(C(C)C(O)(CC1O)C2(C)C)[C@]1(O)COC1C[C@@H]3C. The summed E-state index contributed by atoms with van der Waals surface area (Å²) in [4.78, 5) is 14.0. The topological polar surface area (TPSA) is 87.0 Å². The highest BCUT2D eigenvalue weighted by Crippen LogP contribution is 2.66. The Morgan fingerprint density at radius 1 is 1.11 bits per heavy atom. The van der Waals surface area contributed by atoms with Crippen LogP contribution in [0.1, 0.15) is 61.3 Å². The van der Waals surface area contributed by atoms with Crippen molar-refractivity contribution < 1.29 is 24.9 Å². The fourth-order valence-corrected chi connectivity index (χ4v) is 7.79. The van der Waals surface area contributed by atoms with Crippen LogP contribution >= 0.6 is 0 Å². The molecule has 4 aliphatic rings. The molecule has 0 amide bonds. The van der Waals surface area contributed by atoms with E-state index in [2.05, 4.69) is 6.92 Å². The van der Waals surface area contributed by atoms with Crippen molar-refractivity contribution in [2.75, 3.05) is 6.61 Å². The number of Topliss-reactive ketones (excluding diaryl/α,β-unsaturated/α-hetero) is 1. The van der Waals surface area contributed by atoms with Crippen molar-refractivity contribution >= 4 is 5.78 Å². The van der Waals surface area contributed by atoms with Gasteiger partial charge in [0.25, 0.3) is 0 Å². The van der Waals surface area contributed by atoms with Gasteiger partial charge in [-0.25, -0.2) is 0 Å².